The number of ether oxygens (including phenoxy) is 2. The van der Waals surface area contributed by atoms with Crippen LogP contribution in [-0.4, -0.2) is 38.1 Å². The van der Waals surface area contributed by atoms with Gasteiger partial charge in [0, 0.05) is 40.5 Å². The van der Waals surface area contributed by atoms with Gasteiger partial charge in [-0.3, -0.25) is 4.79 Å². The van der Waals surface area contributed by atoms with Crippen molar-refractivity contribution in [1.82, 2.24) is 0 Å². The minimum atomic E-state index is -0.697. The Morgan fingerprint density at radius 2 is 1.40 bits per heavy atom. The second-order valence-corrected chi connectivity index (χ2v) is 11.0. The van der Waals surface area contributed by atoms with Crippen molar-refractivity contribution in [3.63, 3.8) is 0 Å². The molecule has 0 bridgehead atoms. The van der Waals surface area contributed by atoms with Crippen molar-refractivity contribution >= 4 is 34.7 Å². The van der Waals surface area contributed by atoms with E-state index in [9.17, 15) is 9.59 Å². The van der Waals surface area contributed by atoms with E-state index < -0.39 is 12.0 Å². The molecular weight excluding hydrogens is 584 g/mol. The van der Waals surface area contributed by atoms with Gasteiger partial charge < -0.3 is 19.7 Å². The maximum absolute atomic E-state index is 13.2. The summed E-state index contributed by atoms with van der Waals surface area (Å²) < 4.78 is 11.2. The minimum Gasteiger partial charge on any atom is -0.492 e. The van der Waals surface area contributed by atoms with Crippen LogP contribution in [0.2, 0.25) is 5.02 Å². The van der Waals surface area contributed by atoms with Crippen LogP contribution in [0.4, 0.5) is 11.4 Å². The number of benzene rings is 5. The van der Waals surface area contributed by atoms with E-state index >= 15 is 0 Å². The van der Waals surface area contributed by atoms with E-state index in [-0.39, 0.29) is 5.78 Å². The molecule has 6 nitrogen and oxygen atoms in total. The van der Waals surface area contributed by atoms with Crippen LogP contribution in [0.3, 0.4) is 0 Å². The Labute approximate surface area is 269 Å². The van der Waals surface area contributed by atoms with Crippen LogP contribution in [0.15, 0.2) is 133 Å². The molecule has 5 aromatic rings. The summed E-state index contributed by atoms with van der Waals surface area (Å²) in [7, 11) is 1.36. The van der Waals surface area contributed by atoms with Gasteiger partial charge in [0.05, 0.1) is 13.7 Å². The number of rotatable bonds is 14. The van der Waals surface area contributed by atoms with Crippen molar-refractivity contribution in [2.45, 2.75) is 19.0 Å². The van der Waals surface area contributed by atoms with Crippen LogP contribution in [0.25, 0.3) is 0 Å². The number of hydrogen-bond donors (Lipinski definition) is 1. The topological polar surface area (TPSA) is 67.9 Å². The molecule has 45 heavy (non-hydrogen) atoms. The van der Waals surface area contributed by atoms with Crippen LogP contribution in [0, 0.1) is 0 Å². The maximum atomic E-state index is 13.2. The SMILES string of the molecule is COC(=O)C(Cc1ccc(OCCN(Cc2ccccc2)c2ccc(Cl)cc2)cc1)Nc1ccccc1C(=O)c1ccccc1. The van der Waals surface area contributed by atoms with Gasteiger partial charge in [-0.25, -0.2) is 4.79 Å². The third-order valence-electron chi connectivity index (χ3n) is 7.42. The fourth-order valence-electron chi connectivity index (χ4n) is 5.06. The summed E-state index contributed by atoms with van der Waals surface area (Å²) in [6, 6.07) is 41.4. The number of esters is 1. The van der Waals surface area contributed by atoms with Crippen LogP contribution >= 0.6 is 11.6 Å². The molecule has 0 fully saturated rings. The molecule has 0 aromatic heterocycles. The van der Waals surface area contributed by atoms with Gasteiger partial charge in [0.1, 0.15) is 18.4 Å². The molecule has 0 aliphatic heterocycles. The largest absolute Gasteiger partial charge is 0.492 e. The Kier molecular flexibility index (Phi) is 10.9. The number of nitrogens with one attached hydrogen (secondary N) is 1. The molecule has 5 aromatic carbocycles. The monoisotopic (exact) mass is 618 g/mol. The van der Waals surface area contributed by atoms with Crippen LogP contribution in [0.1, 0.15) is 27.0 Å². The third-order valence-corrected chi connectivity index (χ3v) is 7.68. The minimum absolute atomic E-state index is 0.123. The third kappa shape index (κ3) is 8.74. The normalized spacial score (nSPS) is 11.3. The lowest BCUT2D eigenvalue weighted by atomic mass is 10.00. The van der Waals surface area contributed by atoms with Crippen LogP contribution < -0.4 is 15.0 Å². The van der Waals surface area contributed by atoms with Gasteiger partial charge >= 0.3 is 5.97 Å². The van der Waals surface area contributed by atoms with Gasteiger partial charge in [-0.05, 0) is 59.7 Å². The molecule has 0 radical (unpaired) electrons. The van der Waals surface area contributed by atoms with Crippen molar-refractivity contribution in [2.75, 3.05) is 30.5 Å². The summed E-state index contributed by atoms with van der Waals surface area (Å²) in [6.07, 6.45) is 0.363. The summed E-state index contributed by atoms with van der Waals surface area (Å²) in [5, 5.41) is 3.96. The van der Waals surface area contributed by atoms with Crippen molar-refractivity contribution in [3.05, 3.63) is 161 Å². The zero-order chi connectivity index (χ0) is 31.4. The highest BCUT2D eigenvalue weighted by atomic mass is 35.5. The molecule has 5 rings (SSSR count). The molecule has 1 N–H and O–H groups in total. The molecule has 1 unspecified atom stereocenters. The Morgan fingerprint density at radius 1 is 0.756 bits per heavy atom. The van der Waals surface area contributed by atoms with Crippen molar-refractivity contribution in [2.24, 2.45) is 0 Å². The van der Waals surface area contributed by atoms with Crippen LogP contribution in [0.5, 0.6) is 5.75 Å². The molecule has 1 atom stereocenters. The molecule has 0 saturated carbocycles. The molecule has 0 spiro atoms. The number of halogens is 1. The average Bonchev–Trinajstić information content (AvgIpc) is 3.09. The quantitative estimate of drug-likeness (QED) is 0.101. The van der Waals surface area contributed by atoms with Gasteiger partial charge in [0.2, 0.25) is 0 Å². The van der Waals surface area contributed by atoms with E-state index in [4.69, 9.17) is 21.1 Å². The fourth-order valence-corrected chi connectivity index (χ4v) is 5.19. The van der Waals surface area contributed by atoms with Crippen molar-refractivity contribution in [1.29, 1.82) is 0 Å². The zero-order valence-electron chi connectivity index (χ0n) is 25.1. The number of ketones is 1. The first-order valence-corrected chi connectivity index (χ1v) is 15.2. The summed E-state index contributed by atoms with van der Waals surface area (Å²) >= 11 is 6.13. The lowest BCUT2D eigenvalue weighted by Gasteiger charge is -2.25. The predicted molar refractivity (Wildman–Crippen MR) is 180 cm³/mol. The number of para-hydroxylation sites is 1. The first kappa shape index (κ1) is 31.4. The lowest BCUT2D eigenvalue weighted by Crippen LogP contribution is -2.33. The van der Waals surface area contributed by atoms with E-state index in [0.717, 1.165) is 23.5 Å². The number of nitrogens with zero attached hydrogens (tertiary/aromatic N) is 1. The summed E-state index contributed by atoms with van der Waals surface area (Å²) in [4.78, 5) is 28.3. The van der Waals surface area contributed by atoms with E-state index in [1.807, 2.05) is 97.1 Å². The van der Waals surface area contributed by atoms with Gasteiger partial charge in [0.25, 0.3) is 0 Å². The molecular formula is C38H35ClN2O4. The fraction of sp³-hybridized carbons (Fsp3) is 0.158. The predicted octanol–water partition coefficient (Wildman–Crippen LogP) is 7.85. The molecule has 0 aliphatic carbocycles. The Balaban J connectivity index is 1.22. The summed E-state index contributed by atoms with van der Waals surface area (Å²) in [6.45, 7) is 1.90. The summed E-state index contributed by atoms with van der Waals surface area (Å²) in [5.41, 5.74) is 4.83. The second-order valence-electron chi connectivity index (χ2n) is 10.5. The number of anilines is 2. The maximum Gasteiger partial charge on any atom is 0.328 e. The number of hydrogen-bond acceptors (Lipinski definition) is 6. The highest BCUT2D eigenvalue weighted by Crippen LogP contribution is 2.23. The van der Waals surface area contributed by atoms with E-state index in [1.165, 1.54) is 12.7 Å². The van der Waals surface area contributed by atoms with Crippen LogP contribution in [-0.2, 0) is 22.5 Å². The Hall–Kier alpha value is -5.07. The van der Waals surface area contributed by atoms with E-state index in [1.54, 1.807) is 24.3 Å². The smallest absolute Gasteiger partial charge is 0.328 e. The molecule has 7 heteroatoms. The molecule has 228 valence electrons. The van der Waals surface area contributed by atoms with Crippen molar-refractivity contribution in [3.8, 4) is 5.75 Å². The molecule has 0 saturated heterocycles. The molecule has 0 amide bonds. The molecule has 0 heterocycles. The zero-order valence-corrected chi connectivity index (χ0v) is 25.8. The van der Waals surface area contributed by atoms with Crippen molar-refractivity contribution < 1.29 is 19.1 Å². The standard InChI is InChI=1S/C38H35ClN2O4/c1-44-38(43)36(40-35-15-9-8-14-34(35)37(42)30-12-6-3-7-13-30)26-28-16-22-33(23-17-28)45-25-24-41(27-29-10-4-2-5-11-29)32-20-18-31(39)19-21-32/h2-23,36,40H,24-27H2,1H3. The Bertz CT molecular complexity index is 1680. The number of carbonyl (C=O) groups excluding carboxylic acids is 2. The van der Waals surface area contributed by atoms with E-state index in [0.29, 0.717) is 41.4 Å². The number of carbonyl (C=O) groups is 2. The van der Waals surface area contributed by atoms with E-state index in [2.05, 4.69) is 22.3 Å². The van der Waals surface area contributed by atoms with Gasteiger partial charge in [-0.2, -0.15) is 0 Å². The summed E-state index contributed by atoms with van der Waals surface area (Å²) in [5.74, 6) is 0.191. The van der Waals surface area contributed by atoms with Gasteiger partial charge in [0.15, 0.2) is 5.78 Å². The van der Waals surface area contributed by atoms with Gasteiger partial charge in [-0.1, -0.05) is 96.5 Å². The second kappa shape index (κ2) is 15.6. The highest BCUT2D eigenvalue weighted by Gasteiger charge is 2.22. The highest BCUT2D eigenvalue weighted by molar-refractivity contribution is 6.30. The lowest BCUT2D eigenvalue weighted by molar-refractivity contribution is -0.141. The first-order chi connectivity index (χ1) is 22.0. The molecule has 0 aliphatic rings. The van der Waals surface area contributed by atoms with Gasteiger partial charge in [-0.15, -0.1) is 0 Å². The average molecular weight is 619 g/mol. The first-order valence-electron chi connectivity index (χ1n) is 14.8. The number of methoxy groups -OCH3 is 1. The Morgan fingerprint density at radius 3 is 2.09 bits per heavy atom.